The third kappa shape index (κ3) is 5.68. The molecule has 0 unspecified atom stereocenters. The number of aryl methyl sites for hydroxylation is 2. The van der Waals surface area contributed by atoms with Crippen LogP contribution in [0.5, 0.6) is 0 Å². The lowest BCUT2D eigenvalue weighted by molar-refractivity contribution is -0.384. The maximum atomic E-state index is 11.7. The van der Waals surface area contributed by atoms with E-state index in [0.717, 1.165) is 18.4 Å². The molecule has 0 saturated carbocycles. The molecular formula is C19H20N2O3. The number of hydrogen-bond acceptors (Lipinski definition) is 3. The highest BCUT2D eigenvalue weighted by Crippen LogP contribution is 2.12. The molecule has 5 heteroatoms. The zero-order valence-electron chi connectivity index (χ0n) is 13.6. The van der Waals surface area contributed by atoms with Crippen LogP contribution < -0.4 is 5.32 Å². The van der Waals surface area contributed by atoms with E-state index in [9.17, 15) is 14.9 Å². The number of carbonyl (C=O) groups excluding carboxylic acids is 1. The van der Waals surface area contributed by atoms with Gasteiger partial charge in [0.2, 0.25) is 5.91 Å². The average molecular weight is 324 g/mol. The number of rotatable bonds is 7. The van der Waals surface area contributed by atoms with E-state index in [2.05, 4.69) is 36.5 Å². The fraction of sp³-hybridized carbons (Fsp3) is 0.211. The molecule has 24 heavy (non-hydrogen) atoms. The number of nitrogens with one attached hydrogen (secondary N) is 1. The van der Waals surface area contributed by atoms with Crippen molar-refractivity contribution in [3.63, 3.8) is 0 Å². The third-order valence-electron chi connectivity index (χ3n) is 3.59. The van der Waals surface area contributed by atoms with Crippen molar-refractivity contribution < 1.29 is 9.72 Å². The Kier molecular flexibility index (Phi) is 6.25. The molecule has 0 aliphatic heterocycles. The van der Waals surface area contributed by atoms with E-state index in [1.54, 1.807) is 18.2 Å². The van der Waals surface area contributed by atoms with Crippen molar-refractivity contribution in [2.75, 3.05) is 6.54 Å². The summed E-state index contributed by atoms with van der Waals surface area (Å²) in [6, 6.07) is 14.4. The van der Waals surface area contributed by atoms with Crippen LogP contribution in [0.1, 0.15) is 23.1 Å². The van der Waals surface area contributed by atoms with Gasteiger partial charge in [-0.1, -0.05) is 29.8 Å². The van der Waals surface area contributed by atoms with E-state index >= 15 is 0 Å². The number of nitro groups is 1. The minimum atomic E-state index is -0.450. The molecule has 2 aromatic carbocycles. The van der Waals surface area contributed by atoms with Crippen molar-refractivity contribution >= 4 is 17.7 Å². The van der Waals surface area contributed by atoms with E-state index in [-0.39, 0.29) is 11.6 Å². The van der Waals surface area contributed by atoms with Crippen molar-refractivity contribution in [2.45, 2.75) is 19.8 Å². The lowest BCUT2D eigenvalue weighted by Crippen LogP contribution is -2.22. The van der Waals surface area contributed by atoms with Crippen LogP contribution in [-0.4, -0.2) is 17.4 Å². The Labute approximate surface area is 141 Å². The van der Waals surface area contributed by atoms with Crippen LogP contribution in [0.25, 0.3) is 6.08 Å². The molecule has 0 heterocycles. The second kappa shape index (κ2) is 8.62. The molecule has 0 aromatic heterocycles. The molecule has 1 amide bonds. The van der Waals surface area contributed by atoms with E-state index in [1.165, 1.54) is 29.3 Å². The second-order valence-corrected chi connectivity index (χ2v) is 5.56. The topological polar surface area (TPSA) is 72.2 Å². The summed E-state index contributed by atoms with van der Waals surface area (Å²) in [5.74, 6) is -0.169. The number of hydrogen-bond donors (Lipinski definition) is 1. The van der Waals surface area contributed by atoms with Gasteiger partial charge in [0, 0.05) is 24.8 Å². The van der Waals surface area contributed by atoms with Crippen molar-refractivity contribution in [2.24, 2.45) is 0 Å². The van der Waals surface area contributed by atoms with Crippen LogP contribution in [0.3, 0.4) is 0 Å². The van der Waals surface area contributed by atoms with Gasteiger partial charge < -0.3 is 5.32 Å². The first-order valence-electron chi connectivity index (χ1n) is 7.80. The van der Waals surface area contributed by atoms with Crippen LogP contribution in [0.4, 0.5) is 5.69 Å². The van der Waals surface area contributed by atoms with Crippen molar-refractivity contribution in [1.29, 1.82) is 0 Å². The van der Waals surface area contributed by atoms with Crippen LogP contribution in [0.2, 0.25) is 0 Å². The molecule has 2 aromatic rings. The Bertz CT molecular complexity index is 719. The van der Waals surface area contributed by atoms with E-state index in [0.29, 0.717) is 6.54 Å². The number of carbonyl (C=O) groups is 1. The minimum absolute atomic E-state index is 0.0349. The van der Waals surface area contributed by atoms with Gasteiger partial charge in [0.05, 0.1) is 4.92 Å². The van der Waals surface area contributed by atoms with Crippen molar-refractivity contribution in [3.8, 4) is 0 Å². The van der Waals surface area contributed by atoms with Gasteiger partial charge in [0.25, 0.3) is 5.69 Å². The summed E-state index contributed by atoms with van der Waals surface area (Å²) in [4.78, 5) is 21.9. The highest BCUT2D eigenvalue weighted by atomic mass is 16.6. The highest BCUT2D eigenvalue weighted by molar-refractivity contribution is 5.91. The van der Waals surface area contributed by atoms with Gasteiger partial charge in [-0.3, -0.25) is 14.9 Å². The maximum Gasteiger partial charge on any atom is 0.269 e. The smallest absolute Gasteiger partial charge is 0.269 e. The first-order valence-corrected chi connectivity index (χ1v) is 7.80. The lowest BCUT2D eigenvalue weighted by atomic mass is 10.1. The van der Waals surface area contributed by atoms with E-state index in [1.807, 2.05) is 0 Å². The number of amides is 1. The quantitative estimate of drug-likeness (QED) is 0.365. The third-order valence-corrected chi connectivity index (χ3v) is 3.59. The zero-order valence-corrected chi connectivity index (χ0v) is 13.6. The monoisotopic (exact) mass is 324 g/mol. The molecule has 0 saturated heterocycles. The van der Waals surface area contributed by atoms with Crippen molar-refractivity contribution in [3.05, 3.63) is 81.4 Å². The van der Waals surface area contributed by atoms with Gasteiger partial charge in [0.15, 0.2) is 0 Å². The maximum absolute atomic E-state index is 11.7. The van der Waals surface area contributed by atoms with Crippen LogP contribution in [-0.2, 0) is 11.2 Å². The molecular weight excluding hydrogens is 304 g/mol. The van der Waals surface area contributed by atoms with E-state index in [4.69, 9.17) is 0 Å². The summed E-state index contributed by atoms with van der Waals surface area (Å²) in [7, 11) is 0. The van der Waals surface area contributed by atoms with Gasteiger partial charge in [-0.25, -0.2) is 0 Å². The standard InChI is InChI=1S/C19H20N2O3/c1-15-4-6-16(7-5-15)3-2-14-20-19(22)13-10-17-8-11-18(12-9-17)21(23)24/h4-13H,2-3,14H2,1H3,(H,20,22)/b13-10+. The fourth-order valence-electron chi connectivity index (χ4n) is 2.20. The minimum Gasteiger partial charge on any atom is -0.353 e. The molecule has 0 radical (unpaired) electrons. The summed E-state index contributed by atoms with van der Waals surface area (Å²) in [5, 5.41) is 13.4. The Morgan fingerprint density at radius 2 is 1.79 bits per heavy atom. The number of nitro benzene ring substituents is 1. The zero-order chi connectivity index (χ0) is 17.4. The molecule has 0 atom stereocenters. The highest BCUT2D eigenvalue weighted by Gasteiger charge is 2.02. The normalized spacial score (nSPS) is 10.7. The Morgan fingerprint density at radius 1 is 1.12 bits per heavy atom. The average Bonchev–Trinajstić information content (AvgIpc) is 2.59. The molecule has 0 fully saturated rings. The van der Waals surface area contributed by atoms with Gasteiger partial charge in [-0.2, -0.15) is 0 Å². The summed E-state index contributed by atoms with van der Waals surface area (Å²) in [6.45, 7) is 2.67. The summed E-state index contributed by atoms with van der Waals surface area (Å²) in [6.07, 6.45) is 4.87. The number of non-ortho nitro benzene ring substituents is 1. The van der Waals surface area contributed by atoms with Crippen molar-refractivity contribution in [1.82, 2.24) is 5.32 Å². The number of benzene rings is 2. The molecule has 0 bridgehead atoms. The summed E-state index contributed by atoms with van der Waals surface area (Å²) in [5.41, 5.74) is 3.28. The van der Waals surface area contributed by atoms with Gasteiger partial charge >= 0.3 is 0 Å². The molecule has 0 aliphatic rings. The SMILES string of the molecule is Cc1ccc(CCCNC(=O)/C=C/c2ccc([N+](=O)[O-])cc2)cc1. The van der Waals surface area contributed by atoms with Crippen LogP contribution in [0.15, 0.2) is 54.6 Å². The second-order valence-electron chi connectivity index (χ2n) is 5.56. The number of nitrogens with zero attached hydrogens (tertiary/aromatic N) is 1. The van der Waals surface area contributed by atoms with Gasteiger partial charge in [0.1, 0.15) is 0 Å². The molecule has 0 aliphatic carbocycles. The molecule has 0 spiro atoms. The van der Waals surface area contributed by atoms with Crippen LogP contribution >= 0.6 is 0 Å². The largest absolute Gasteiger partial charge is 0.353 e. The first kappa shape index (κ1) is 17.4. The predicted molar refractivity (Wildman–Crippen MR) is 94.6 cm³/mol. The Morgan fingerprint density at radius 3 is 2.42 bits per heavy atom. The molecule has 5 nitrogen and oxygen atoms in total. The predicted octanol–water partition coefficient (Wildman–Crippen LogP) is 3.67. The molecule has 1 N–H and O–H groups in total. The lowest BCUT2D eigenvalue weighted by Gasteiger charge is -2.03. The van der Waals surface area contributed by atoms with Gasteiger partial charge in [-0.05, 0) is 49.1 Å². The Hall–Kier alpha value is -2.95. The van der Waals surface area contributed by atoms with Gasteiger partial charge in [-0.15, -0.1) is 0 Å². The first-order chi connectivity index (χ1) is 11.5. The Balaban J connectivity index is 1.72. The fourth-order valence-corrected chi connectivity index (χ4v) is 2.20. The van der Waals surface area contributed by atoms with Crippen LogP contribution in [0, 0.1) is 17.0 Å². The molecule has 2 rings (SSSR count). The van der Waals surface area contributed by atoms with E-state index < -0.39 is 4.92 Å². The molecule has 124 valence electrons. The summed E-state index contributed by atoms with van der Waals surface area (Å²) >= 11 is 0. The summed E-state index contributed by atoms with van der Waals surface area (Å²) < 4.78 is 0.